The van der Waals surface area contributed by atoms with Crippen molar-refractivity contribution in [1.82, 2.24) is 4.98 Å². The molecule has 0 bridgehead atoms. The molecular weight excluding hydrogens is 316 g/mol. The minimum atomic E-state index is -0.382. The fraction of sp³-hybridized carbons (Fsp3) is 0.400. The first-order valence-electron chi connectivity index (χ1n) is 8.55. The van der Waals surface area contributed by atoms with Crippen molar-refractivity contribution in [2.75, 3.05) is 5.32 Å². The molecule has 0 spiro atoms. The summed E-state index contributed by atoms with van der Waals surface area (Å²) in [5, 5.41) is 3.46. The summed E-state index contributed by atoms with van der Waals surface area (Å²) < 4.78 is 0. The summed E-state index contributed by atoms with van der Waals surface area (Å²) in [4.78, 5) is 19.2. The molecule has 1 atom stereocenters. The van der Waals surface area contributed by atoms with E-state index in [1.54, 1.807) is 11.3 Å². The molecule has 4 heteroatoms. The van der Waals surface area contributed by atoms with Crippen LogP contribution in [0, 0.1) is 5.41 Å². The van der Waals surface area contributed by atoms with Crippen molar-refractivity contribution in [3.63, 3.8) is 0 Å². The molecule has 4 rings (SSSR count). The largest absolute Gasteiger partial charge is 0.342 e. The Bertz CT molecular complexity index is 834. The highest BCUT2D eigenvalue weighted by molar-refractivity contribution is 7.10. The van der Waals surface area contributed by atoms with E-state index in [1.807, 2.05) is 11.6 Å². The molecule has 1 aliphatic carbocycles. The first-order chi connectivity index (χ1) is 11.5. The van der Waals surface area contributed by atoms with E-state index in [-0.39, 0.29) is 16.6 Å². The van der Waals surface area contributed by atoms with E-state index in [0.29, 0.717) is 0 Å². The van der Waals surface area contributed by atoms with Crippen LogP contribution in [0.25, 0.3) is 0 Å². The molecular formula is C20H22N2OS. The van der Waals surface area contributed by atoms with Crippen LogP contribution >= 0.6 is 11.3 Å². The fourth-order valence-corrected chi connectivity index (χ4v) is 5.21. The Hall–Kier alpha value is -1.94. The van der Waals surface area contributed by atoms with E-state index in [2.05, 4.69) is 55.3 Å². The number of anilines is 1. The molecule has 0 saturated carbocycles. The Balaban J connectivity index is 2.05. The van der Waals surface area contributed by atoms with Gasteiger partial charge in [-0.25, -0.2) is 4.98 Å². The maximum Gasteiger partial charge on any atom is 0.167 e. The standard InChI is InChI=1S/C20H22N2OS/c1-4-20(13-8-6-5-7-9-13)15-14(10-11-19(2,3)16(15)23)22-18-17(20)24-12-21-18/h5-9,12,22H,4,10-11H2,1-3H3/t20-/m0/s1. The van der Waals surface area contributed by atoms with Gasteiger partial charge in [0.2, 0.25) is 0 Å². The van der Waals surface area contributed by atoms with E-state index in [4.69, 9.17) is 0 Å². The lowest BCUT2D eigenvalue weighted by Crippen LogP contribution is -2.45. The van der Waals surface area contributed by atoms with Crippen LogP contribution in [-0.2, 0) is 10.2 Å². The first-order valence-corrected chi connectivity index (χ1v) is 9.43. The maximum absolute atomic E-state index is 13.4. The number of allylic oxidation sites excluding steroid dienone is 2. The van der Waals surface area contributed by atoms with Crippen LogP contribution in [0.3, 0.4) is 0 Å². The van der Waals surface area contributed by atoms with Gasteiger partial charge in [-0.05, 0) is 24.8 Å². The number of benzene rings is 1. The molecule has 124 valence electrons. The van der Waals surface area contributed by atoms with Crippen molar-refractivity contribution in [3.8, 4) is 0 Å². The zero-order chi connectivity index (χ0) is 16.9. The number of aromatic nitrogens is 1. The number of fused-ring (bicyclic) bond motifs is 1. The average Bonchev–Trinajstić information content (AvgIpc) is 3.06. The molecule has 2 aliphatic rings. The van der Waals surface area contributed by atoms with Crippen LogP contribution < -0.4 is 5.32 Å². The van der Waals surface area contributed by atoms with Crippen LogP contribution in [-0.4, -0.2) is 10.8 Å². The minimum Gasteiger partial charge on any atom is -0.342 e. The minimum absolute atomic E-state index is 0.279. The van der Waals surface area contributed by atoms with Crippen LogP contribution in [0.15, 0.2) is 47.1 Å². The van der Waals surface area contributed by atoms with Gasteiger partial charge in [-0.1, -0.05) is 51.1 Å². The third kappa shape index (κ3) is 1.95. The summed E-state index contributed by atoms with van der Waals surface area (Å²) >= 11 is 1.65. The van der Waals surface area contributed by atoms with Gasteiger partial charge in [0.1, 0.15) is 5.82 Å². The molecule has 1 aromatic carbocycles. The van der Waals surface area contributed by atoms with Crippen molar-refractivity contribution in [1.29, 1.82) is 0 Å². The summed E-state index contributed by atoms with van der Waals surface area (Å²) in [6.07, 6.45) is 2.64. The van der Waals surface area contributed by atoms with E-state index < -0.39 is 0 Å². The van der Waals surface area contributed by atoms with Crippen molar-refractivity contribution in [2.45, 2.75) is 45.4 Å². The van der Waals surface area contributed by atoms with Gasteiger partial charge in [-0.3, -0.25) is 4.79 Å². The van der Waals surface area contributed by atoms with E-state index in [1.165, 1.54) is 10.4 Å². The number of nitrogens with one attached hydrogen (secondary N) is 1. The first kappa shape index (κ1) is 15.6. The van der Waals surface area contributed by atoms with Crippen molar-refractivity contribution >= 4 is 22.9 Å². The highest BCUT2D eigenvalue weighted by Gasteiger charge is 2.51. The highest BCUT2D eigenvalue weighted by Crippen LogP contribution is 2.55. The Kier molecular flexibility index (Phi) is 3.43. The van der Waals surface area contributed by atoms with Gasteiger partial charge in [0.05, 0.1) is 15.8 Å². The number of nitrogens with zero attached hydrogens (tertiary/aromatic N) is 1. The summed E-state index contributed by atoms with van der Waals surface area (Å²) in [6.45, 7) is 6.33. The average molecular weight is 338 g/mol. The maximum atomic E-state index is 13.4. The lowest BCUT2D eigenvalue weighted by Gasteiger charge is -2.45. The van der Waals surface area contributed by atoms with Gasteiger partial charge in [0, 0.05) is 16.7 Å². The normalized spacial score (nSPS) is 25.0. The smallest absolute Gasteiger partial charge is 0.167 e. The van der Waals surface area contributed by atoms with E-state index in [9.17, 15) is 4.79 Å². The van der Waals surface area contributed by atoms with Gasteiger partial charge >= 0.3 is 0 Å². The Morgan fingerprint density at radius 3 is 2.71 bits per heavy atom. The molecule has 1 N–H and O–H groups in total. The van der Waals surface area contributed by atoms with Crippen molar-refractivity contribution in [2.24, 2.45) is 5.41 Å². The summed E-state index contributed by atoms with van der Waals surface area (Å²) in [7, 11) is 0. The quantitative estimate of drug-likeness (QED) is 0.846. The number of carbonyl (C=O) groups is 1. The number of hydrogen-bond acceptors (Lipinski definition) is 4. The highest BCUT2D eigenvalue weighted by atomic mass is 32.1. The molecule has 3 nitrogen and oxygen atoms in total. The molecule has 0 unspecified atom stereocenters. The van der Waals surface area contributed by atoms with Crippen molar-refractivity contribution < 1.29 is 4.79 Å². The zero-order valence-corrected chi connectivity index (χ0v) is 15.2. The predicted octanol–water partition coefficient (Wildman–Crippen LogP) is 4.91. The third-order valence-corrected chi connectivity index (χ3v) is 6.58. The molecule has 0 fully saturated rings. The van der Waals surface area contributed by atoms with Gasteiger partial charge in [0.25, 0.3) is 0 Å². The second kappa shape index (κ2) is 5.28. The summed E-state index contributed by atoms with van der Waals surface area (Å²) in [6, 6.07) is 10.5. The zero-order valence-electron chi connectivity index (χ0n) is 14.3. The summed E-state index contributed by atoms with van der Waals surface area (Å²) in [5.74, 6) is 1.21. The molecule has 0 saturated heterocycles. The number of ketones is 1. The Morgan fingerprint density at radius 1 is 1.25 bits per heavy atom. The van der Waals surface area contributed by atoms with Gasteiger partial charge in [0.15, 0.2) is 5.78 Å². The van der Waals surface area contributed by atoms with E-state index in [0.717, 1.165) is 36.4 Å². The lowest BCUT2D eigenvalue weighted by atomic mass is 9.61. The second-order valence-corrected chi connectivity index (χ2v) is 8.20. The monoisotopic (exact) mass is 338 g/mol. The predicted molar refractivity (Wildman–Crippen MR) is 98.3 cm³/mol. The van der Waals surface area contributed by atoms with Crippen LogP contribution in [0.5, 0.6) is 0 Å². The second-order valence-electron chi connectivity index (χ2n) is 7.35. The Morgan fingerprint density at radius 2 is 2.00 bits per heavy atom. The number of carbonyl (C=O) groups excluding carboxylic acids is 1. The van der Waals surface area contributed by atoms with Gasteiger partial charge in [-0.2, -0.15) is 0 Å². The molecule has 2 aromatic rings. The SMILES string of the molecule is CC[C@]1(c2ccccc2)C2=C(CCC(C)(C)C2=O)Nc2ncsc21. The topological polar surface area (TPSA) is 42.0 Å². The molecule has 24 heavy (non-hydrogen) atoms. The molecule has 0 amide bonds. The Labute approximate surface area is 146 Å². The fourth-order valence-electron chi connectivity index (χ4n) is 4.16. The molecule has 1 aliphatic heterocycles. The van der Waals surface area contributed by atoms with Gasteiger partial charge in [-0.15, -0.1) is 11.3 Å². The van der Waals surface area contributed by atoms with Crippen molar-refractivity contribution in [3.05, 3.63) is 57.6 Å². The number of Topliss-reactive ketones (excluding diaryl/α,β-unsaturated/α-hetero) is 1. The van der Waals surface area contributed by atoms with Gasteiger partial charge < -0.3 is 5.32 Å². The summed E-state index contributed by atoms with van der Waals surface area (Å²) in [5.41, 5.74) is 4.43. The van der Waals surface area contributed by atoms with Crippen LogP contribution in [0.2, 0.25) is 0 Å². The van der Waals surface area contributed by atoms with Crippen LogP contribution in [0.4, 0.5) is 5.82 Å². The number of rotatable bonds is 2. The van der Waals surface area contributed by atoms with E-state index >= 15 is 0 Å². The number of thiazole rings is 1. The molecule has 1 aromatic heterocycles. The lowest BCUT2D eigenvalue weighted by molar-refractivity contribution is -0.124. The third-order valence-electron chi connectivity index (χ3n) is 5.59. The molecule has 2 heterocycles. The number of hydrogen-bond donors (Lipinski definition) is 1. The molecule has 0 radical (unpaired) electrons. The van der Waals surface area contributed by atoms with Crippen LogP contribution in [0.1, 0.15) is 50.5 Å².